The van der Waals surface area contributed by atoms with E-state index in [4.69, 9.17) is 0 Å². The number of carboxylic acids is 1. The minimum absolute atomic E-state index is 0.123. The number of phenols is 1. The molecule has 11 heteroatoms. The number of carboxylic acid groups (broad SMARTS) is 1. The molecule has 0 radical (unpaired) electrons. The average Bonchev–Trinajstić information content (AvgIpc) is 3.28. The standard InChI is InChI=1S/C29H27N3O6S2/c33-22-8-4-7-19(13-22)15-31-11-9-20(26(31)35)14-21-16-40-28-24(27(36)32(28)25(21)29(37)38)30-23(34)17-39-12-10-18-5-2-1-3-6-18/h1-8,10,12-14,24,28,33H,9,11,15-17H2,(H,30,34)(H,37,38)/b12-10-,20-14?/t24-,28-/m1/s1. The number of nitrogens with zero attached hydrogens (tertiary/aromatic N) is 2. The van der Waals surface area contributed by atoms with Gasteiger partial charge in [0.15, 0.2) is 0 Å². The molecule has 3 heterocycles. The summed E-state index contributed by atoms with van der Waals surface area (Å²) in [4.78, 5) is 53.5. The summed E-state index contributed by atoms with van der Waals surface area (Å²) in [6.45, 7) is 0.805. The molecule has 2 aromatic rings. The van der Waals surface area contributed by atoms with Crippen molar-refractivity contribution in [2.24, 2.45) is 0 Å². The van der Waals surface area contributed by atoms with Gasteiger partial charge in [-0.2, -0.15) is 0 Å². The highest BCUT2D eigenvalue weighted by Gasteiger charge is 2.54. The Bertz CT molecular complexity index is 1440. The maximum Gasteiger partial charge on any atom is 0.352 e. The highest BCUT2D eigenvalue weighted by Crippen LogP contribution is 2.41. The van der Waals surface area contributed by atoms with Gasteiger partial charge in [0, 0.05) is 24.4 Å². The Kier molecular flexibility index (Phi) is 8.32. The number of hydrogen-bond donors (Lipinski definition) is 3. The SMILES string of the molecule is O=C(CS/C=C\c1ccccc1)N[C@@H]1C(=O)N2C(C(=O)O)=C(C=C3CCN(Cc4cccc(O)c4)C3=O)CS[C@H]12. The summed E-state index contributed by atoms with van der Waals surface area (Å²) >= 11 is 2.67. The normalized spacial score (nSPS) is 21.6. The van der Waals surface area contributed by atoms with Crippen molar-refractivity contribution in [1.82, 2.24) is 15.1 Å². The number of hydrogen-bond acceptors (Lipinski definition) is 7. The lowest BCUT2D eigenvalue weighted by Gasteiger charge is -2.49. The molecule has 3 amide bonds. The number of rotatable bonds is 9. The van der Waals surface area contributed by atoms with E-state index in [-0.39, 0.29) is 29.0 Å². The Hall–Kier alpha value is -3.96. The summed E-state index contributed by atoms with van der Waals surface area (Å²) in [5, 5.41) is 23.7. The van der Waals surface area contributed by atoms with Crippen molar-refractivity contribution in [2.45, 2.75) is 24.4 Å². The summed E-state index contributed by atoms with van der Waals surface area (Å²) in [5.74, 6) is -1.70. The predicted molar refractivity (Wildman–Crippen MR) is 154 cm³/mol. The van der Waals surface area contributed by atoms with Gasteiger partial charge in [-0.3, -0.25) is 19.3 Å². The molecule has 0 bridgehead atoms. The van der Waals surface area contributed by atoms with Crippen molar-refractivity contribution >= 4 is 53.3 Å². The van der Waals surface area contributed by atoms with Crippen LogP contribution in [-0.2, 0) is 25.7 Å². The van der Waals surface area contributed by atoms with Gasteiger partial charge in [-0.15, -0.1) is 23.5 Å². The van der Waals surface area contributed by atoms with Crippen LogP contribution in [0.4, 0.5) is 0 Å². The van der Waals surface area contributed by atoms with Gasteiger partial charge in [0.1, 0.15) is 22.9 Å². The van der Waals surface area contributed by atoms with Crippen molar-refractivity contribution < 1.29 is 29.4 Å². The number of phenolic OH excluding ortho intramolecular Hbond substituents is 1. The third-order valence-corrected chi connectivity index (χ3v) is 8.79. The van der Waals surface area contributed by atoms with Crippen LogP contribution in [0.1, 0.15) is 17.5 Å². The smallest absolute Gasteiger partial charge is 0.352 e. The molecular weight excluding hydrogens is 550 g/mol. The number of thioether (sulfide) groups is 2. The van der Waals surface area contributed by atoms with Gasteiger partial charge in [0.05, 0.1) is 5.75 Å². The minimum atomic E-state index is -1.25. The molecule has 0 saturated carbocycles. The summed E-state index contributed by atoms with van der Waals surface area (Å²) in [7, 11) is 0. The molecule has 9 nitrogen and oxygen atoms in total. The summed E-state index contributed by atoms with van der Waals surface area (Å²) in [6, 6.07) is 15.6. The van der Waals surface area contributed by atoms with E-state index in [2.05, 4.69) is 5.32 Å². The zero-order chi connectivity index (χ0) is 28.2. The number of aliphatic carboxylic acids is 1. The average molecular weight is 578 g/mol. The maximum atomic E-state index is 13.0. The van der Waals surface area contributed by atoms with Crippen molar-refractivity contribution in [2.75, 3.05) is 18.1 Å². The van der Waals surface area contributed by atoms with Crippen LogP contribution in [0.15, 0.2) is 82.9 Å². The lowest BCUT2D eigenvalue weighted by atomic mass is 10.0. The van der Waals surface area contributed by atoms with Crippen molar-refractivity contribution in [3.63, 3.8) is 0 Å². The number of aromatic hydroxyl groups is 1. The third kappa shape index (κ3) is 5.95. The van der Waals surface area contributed by atoms with Crippen LogP contribution >= 0.6 is 23.5 Å². The van der Waals surface area contributed by atoms with E-state index < -0.39 is 23.3 Å². The molecule has 5 rings (SSSR count). The number of amides is 3. The molecule has 2 fully saturated rings. The second kappa shape index (κ2) is 12.1. The molecule has 2 aromatic carbocycles. The predicted octanol–water partition coefficient (Wildman–Crippen LogP) is 3.19. The van der Waals surface area contributed by atoms with Gasteiger partial charge in [-0.25, -0.2) is 4.79 Å². The second-order valence-corrected chi connectivity index (χ2v) is 11.5. The molecule has 3 aliphatic heterocycles. The number of β-lactam (4-membered cyclic amide) rings is 1. The molecule has 2 saturated heterocycles. The molecule has 0 aliphatic carbocycles. The largest absolute Gasteiger partial charge is 0.508 e. The van der Waals surface area contributed by atoms with Gasteiger partial charge >= 0.3 is 5.97 Å². The first-order chi connectivity index (χ1) is 19.3. The van der Waals surface area contributed by atoms with Crippen LogP contribution in [0.3, 0.4) is 0 Å². The molecular formula is C29H27N3O6S2. The topological polar surface area (TPSA) is 127 Å². The molecule has 206 valence electrons. The fourth-order valence-electron chi connectivity index (χ4n) is 4.82. The Labute approximate surface area is 239 Å². The minimum Gasteiger partial charge on any atom is -0.508 e. The van der Waals surface area contributed by atoms with Crippen LogP contribution in [0, 0.1) is 0 Å². The number of likely N-dealkylation sites (tertiary alicyclic amines) is 1. The summed E-state index contributed by atoms with van der Waals surface area (Å²) in [6.07, 6.45) is 3.93. The van der Waals surface area contributed by atoms with Gasteiger partial charge in [-0.05, 0) is 52.8 Å². The lowest BCUT2D eigenvalue weighted by molar-refractivity contribution is -0.150. The van der Waals surface area contributed by atoms with Crippen molar-refractivity contribution in [3.8, 4) is 5.75 Å². The van der Waals surface area contributed by atoms with Gasteiger partial charge in [0.25, 0.3) is 5.91 Å². The Morgan fingerprint density at radius 3 is 2.67 bits per heavy atom. The highest BCUT2D eigenvalue weighted by molar-refractivity contribution is 8.02. The first kappa shape index (κ1) is 27.6. The van der Waals surface area contributed by atoms with E-state index in [1.54, 1.807) is 29.2 Å². The van der Waals surface area contributed by atoms with Gasteiger partial charge in [-0.1, -0.05) is 42.5 Å². The maximum absolute atomic E-state index is 13.0. The second-order valence-electron chi connectivity index (χ2n) is 9.47. The van der Waals surface area contributed by atoms with Crippen molar-refractivity contribution in [3.05, 3.63) is 94.1 Å². The number of carbonyl (C=O) groups excluding carboxylic acids is 3. The number of fused-ring (bicyclic) bond motifs is 1. The molecule has 3 aliphatic rings. The van der Waals surface area contributed by atoms with Gasteiger partial charge in [0.2, 0.25) is 11.8 Å². The van der Waals surface area contributed by atoms with E-state index in [9.17, 15) is 29.4 Å². The Balaban J connectivity index is 1.21. The number of benzene rings is 2. The molecule has 0 unspecified atom stereocenters. The number of allylic oxidation sites excluding steroid dienone is 1. The van der Waals surface area contributed by atoms with Crippen LogP contribution in [0.5, 0.6) is 5.75 Å². The molecule has 40 heavy (non-hydrogen) atoms. The Morgan fingerprint density at radius 1 is 1.12 bits per heavy atom. The monoisotopic (exact) mass is 577 g/mol. The Morgan fingerprint density at radius 2 is 1.93 bits per heavy atom. The van der Waals surface area contributed by atoms with E-state index >= 15 is 0 Å². The van der Waals surface area contributed by atoms with E-state index in [1.165, 1.54) is 28.4 Å². The zero-order valence-corrected chi connectivity index (χ0v) is 23.0. The number of carbonyl (C=O) groups is 4. The first-order valence-corrected chi connectivity index (χ1v) is 14.7. The van der Waals surface area contributed by atoms with Gasteiger partial charge < -0.3 is 20.4 Å². The molecule has 2 atom stereocenters. The van der Waals surface area contributed by atoms with Crippen LogP contribution in [-0.4, -0.2) is 73.2 Å². The van der Waals surface area contributed by atoms with Crippen LogP contribution < -0.4 is 5.32 Å². The first-order valence-electron chi connectivity index (χ1n) is 12.6. The van der Waals surface area contributed by atoms with Crippen molar-refractivity contribution in [1.29, 1.82) is 0 Å². The summed E-state index contributed by atoms with van der Waals surface area (Å²) in [5.41, 5.74) is 2.54. The molecule has 0 aromatic heterocycles. The fraction of sp³-hybridized carbons (Fsp3) is 0.241. The quantitative estimate of drug-likeness (QED) is 0.306. The molecule has 0 spiro atoms. The van der Waals surface area contributed by atoms with E-state index in [0.717, 1.165) is 11.1 Å². The number of nitrogens with one attached hydrogen (secondary N) is 1. The summed E-state index contributed by atoms with van der Waals surface area (Å²) < 4.78 is 0. The van der Waals surface area contributed by atoms with E-state index in [1.807, 2.05) is 47.9 Å². The van der Waals surface area contributed by atoms with Crippen LogP contribution in [0.25, 0.3) is 6.08 Å². The molecule has 3 N–H and O–H groups in total. The van der Waals surface area contributed by atoms with E-state index in [0.29, 0.717) is 36.4 Å². The van der Waals surface area contributed by atoms with Crippen LogP contribution in [0.2, 0.25) is 0 Å². The highest BCUT2D eigenvalue weighted by atomic mass is 32.2. The zero-order valence-electron chi connectivity index (χ0n) is 21.4. The fourth-order valence-corrected chi connectivity index (χ4v) is 6.71. The third-order valence-electron chi connectivity index (χ3n) is 6.73. The lowest BCUT2D eigenvalue weighted by Crippen LogP contribution is -2.70.